The molecule has 0 aromatic heterocycles. The molecule has 2 aliphatic rings. The number of rotatable bonds is 5. The van der Waals surface area contributed by atoms with Crippen LogP contribution in [0.25, 0.3) is 0 Å². The van der Waals surface area contributed by atoms with Gasteiger partial charge in [-0.05, 0) is 28.9 Å². The van der Waals surface area contributed by atoms with Crippen molar-refractivity contribution in [3.8, 4) is 5.75 Å². The lowest BCUT2D eigenvalue weighted by atomic mass is 10.1. The fourth-order valence-electron chi connectivity index (χ4n) is 3.22. The number of carbonyl (C=O) groups excluding carboxylic acids is 1. The van der Waals surface area contributed by atoms with Crippen LogP contribution in [0.4, 0.5) is 5.69 Å². The largest absolute Gasteiger partial charge is 0.495 e. The molecular weight excluding hydrogens is 408 g/mol. The SMILES string of the molecule is COc1cc(Cl)c(Br)cc1N[C@@H](C)C(=O)N1CCN(C2CNC2)CC1. The summed E-state index contributed by atoms with van der Waals surface area (Å²) >= 11 is 9.51. The molecule has 2 saturated heterocycles. The quantitative estimate of drug-likeness (QED) is 0.747. The number of piperazine rings is 1. The third-order valence-electron chi connectivity index (χ3n) is 4.89. The number of hydrogen-bond donors (Lipinski definition) is 2. The Hall–Kier alpha value is -1.02. The molecule has 2 heterocycles. The Morgan fingerprint density at radius 2 is 2.04 bits per heavy atom. The maximum absolute atomic E-state index is 12.8. The Labute approximate surface area is 161 Å². The number of amides is 1. The van der Waals surface area contributed by atoms with E-state index in [-0.39, 0.29) is 11.9 Å². The third-order valence-corrected chi connectivity index (χ3v) is 6.08. The van der Waals surface area contributed by atoms with E-state index in [2.05, 4.69) is 31.5 Å². The molecule has 3 rings (SSSR count). The van der Waals surface area contributed by atoms with Crippen molar-refractivity contribution in [2.24, 2.45) is 0 Å². The lowest BCUT2D eigenvalue weighted by Gasteiger charge is -2.43. The van der Waals surface area contributed by atoms with Gasteiger partial charge in [-0.1, -0.05) is 11.6 Å². The Kier molecular flexibility index (Phi) is 6.09. The summed E-state index contributed by atoms with van der Waals surface area (Å²) in [6, 6.07) is 3.88. The van der Waals surface area contributed by atoms with Gasteiger partial charge >= 0.3 is 0 Å². The van der Waals surface area contributed by atoms with Crippen molar-refractivity contribution in [3.05, 3.63) is 21.6 Å². The number of benzene rings is 1. The summed E-state index contributed by atoms with van der Waals surface area (Å²) in [7, 11) is 1.59. The van der Waals surface area contributed by atoms with E-state index in [1.165, 1.54) is 0 Å². The van der Waals surface area contributed by atoms with Gasteiger partial charge < -0.3 is 20.3 Å². The van der Waals surface area contributed by atoms with Gasteiger partial charge in [-0.2, -0.15) is 0 Å². The van der Waals surface area contributed by atoms with Gasteiger partial charge in [0, 0.05) is 55.8 Å². The number of methoxy groups -OCH3 is 1. The molecule has 2 N–H and O–H groups in total. The van der Waals surface area contributed by atoms with Crippen molar-refractivity contribution in [1.82, 2.24) is 15.1 Å². The van der Waals surface area contributed by atoms with E-state index in [0.29, 0.717) is 16.8 Å². The first-order valence-electron chi connectivity index (χ1n) is 8.52. The first-order chi connectivity index (χ1) is 12.0. The summed E-state index contributed by atoms with van der Waals surface area (Å²) in [5.41, 5.74) is 0.749. The lowest BCUT2D eigenvalue weighted by molar-refractivity contribution is -0.133. The van der Waals surface area contributed by atoms with Crippen LogP contribution < -0.4 is 15.4 Å². The maximum atomic E-state index is 12.8. The molecule has 8 heteroatoms. The molecule has 2 fully saturated rings. The second kappa shape index (κ2) is 8.12. The highest BCUT2D eigenvalue weighted by Crippen LogP contribution is 2.34. The molecule has 1 amide bonds. The molecule has 2 aliphatic heterocycles. The fraction of sp³-hybridized carbons (Fsp3) is 0.588. The molecule has 1 atom stereocenters. The van der Waals surface area contributed by atoms with Crippen LogP contribution in [0.5, 0.6) is 5.75 Å². The second-order valence-electron chi connectivity index (χ2n) is 6.51. The van der Waals surface area contributed by atoms with Gasteiger partial charge in [0.2, 0.25) is 5.91 Å². The first kappa shape index (κ1) is 18.8. The lowest BCUT2D eigenvalue weighted by Crippen LogP contribution is -2.62. The second-order valence-corrected chi connectivity index (χ2v) is 7.77. The van der Waals surface area contributed by atoms with E-state index in [0.717, 1.165) is 49.4 Å². The summed E-state index contributed by atoms with van der Waals surface area (Å²) in [4.78, 5) is 17.2. The van der Waals surface area contributed by atoms with E-state index in [4.69, 9.17) is 16.3 Å². The van der Waals surface area contributed by atoms with E-state index in [9.17, 15) is 4.79 Å². The van der Waals surface area contributed by atoms with Gasteiger partial charge in [-0.25, -0.2) is 0 Å². The topological polar surface area (TPSA) is 56.8 Å². The van der Waals surface area contributed by atoms with Crippen LogP contribution in [0.15, 0.2) is 16.6 Å². The Morgan fingerprint density at radius 1 is 1.36 bits per heavy atom. The number of nitrogens with zero attached hydrogens (tertiary/aromatic N) is 2. The summed E-state index contributed by atoms with van der Waals surface area (Å²) in [6.45, 7) is 7.47. The highest BCUT2D eigenvalue weighted by molar-refractivity contribution is 9.10. The van der Waals surface area contributed by atoms with Gasteiger partial charge in [0.15, 0.2) is 0 Å². The predicted molar refractivity (Wildman–Crippen MR) is 104 cm³/mol. The van der Waals surface area contributed by atoms with Crippen LogP contribution in [0, 0.1) is 0 Å². The van der Waals surface area contributed by atoms with Crippen LogP contribution in [-0.4, -0.2) is 74.2 Å². The summed E-state index contributed by atoms with van der Waals surface area (Å²) in [5, 5.41) is 7.13. The number of carbonyl (C=O) groups is 1. The van der Waals surface area contributed by atoms with Crippen LogP contribution in [0.2, 0.25) is 5.02 Å². The fourth-order valence-corrected chi connectivity index (χ4v) is 3.72. The molecule has 25 heavy (non-hydrogen) atoms. The van der Waals surface area contributed by atoms with Crippen LogP contribution in [0.3, 0.4) is 0 Å². The number of nitrogens with one attached hydrogen (secondary N) is 2. The minimum Gasteiger partial charge on any atom is -0.495 e. The molecule has 6 nitrogen and oxygen atoms in total. The zero-order valence-electron chi connectivity index (χ0n) is 14.5. The molecule has 0 saturated carbocycles. The zero-order chi connectivity index (χ0) is 18.0. The smallest absolute Gasteiger partial charge is 0.244 e. The van der Waals surface area contributed by atoms with Crippen molar-refractivity contribution in [2.75, 3.05) is 51.7 Å². The zero-order valence-corrected chi connectivity index (χ0v) is 16.9. The van der Waals surface area contributed by atoms with Crippen LogP contribution >= 0.6 is 27.5 Å². The number of ether oxygens (including phenoxy) is 1. The van der Waals surface area contributed by atoms with Crippen LogP contribution in [0.1, 0.15) is 6.92 Å². The third kappa shape index (κ3) is 4.22. The van der Waals surface area contributed by atoms with Crippen LogP contribution in [-0.2, 0) is 4.79 Å². The highest BCUT2D eigenvalue weighted by Gasteiger charge is 2.30. The Bertz CT molecular complexity index is 633. The van der Waals surface area contributed by atoms with Gasteiger partial charge in [-0.3, -0.25) is 9.69 Å². The monoisotopic (exact) mass is 430 g/mol. The first-order valence-corrected chi connectivity index (χ1v) is 9.70. The minimum atomic E-state index is -0.334. The number of hydrogen-bond acceptors (Lipinski definition) is 5. The Morgan fingerprint density at radius 3 is 2.60 bits per heavy atom. The van der Waals surface area contributed by atoms with Crippen molar-refractivity contribution in [2.45, 2.75) is 19.0 Å². The van der Waals surface area contributed by atoms with Gasteiger partial charge in [-0.15, -0.1) is 0 Å². The molecule has 0 unspecified atom stereocenters. The van der Waals surface area contributed by atoms with E-state index in [1.54, 1.807) is 13.2 Å². The van der Waals surface area contributed by atoms with Crippen molar-refractivity contribution < 1.29 is 9.53 Å². The van der Waals surface area contributed by atoms with E-state index >= 15 is 0 Å². The molecule has 0 radical (unpaired) electrons. The highest BCUT2D eigenvalue weighted by atomic mass is 79.9. The summed E-state index contributed by atoms with van der Waals surface area (Å²) < 4.78 is 6.12. The average molecular weight is 432 g/mol. The van der Waals surface area contributed by atoms with Gasteiger partial charge in [0.05, 0.1) is 17.8 Å². The molecule has 1 aromatic rings. The standard InChI is InChI=1S/C17H24BrClN4O2/c1-11(21-15-7-13(18)14(19)8-16(15)25-2)17(24)23-5-3-22(4-6-23)12-9-20-10-12/h7-8,11-12,20-21H,3-6,9-10H2,1-2H3/t11-/m0/s1. The maximum Gasteiger partial charge on any atom is 0.244 e. The molecular formula is C17H24BrClN4O2. The molecule has 0 spiro atoms. The van der Waals surface area contributed by atoms with Gasteiger partial charge in [0.25, 0.3) is 0 Å². The minimum absolute atomic E-state index is 0.111. The molecule has 0 bridgehead atoms. The van der Waals surface area contributed by atoms with Crippen molar-refractivity contribution >= 4 is 39.1 Å². The summed E-state index contributed by atoms with van der Waals surface area (Å²) in [6.07, 6.45) is 0. The predicted octanol–water partition coefficient (Wildman–Crippen LogP) is 2.03. The Balaban J connectivity index is 1.59. The average Bonchev–Trinajstić information content (AvgIpc) is 2.56. The normalized spacial score (nSPS) is 20.1. The van der Waals surface area contributed by atoms with Crippen molar-refractivity contribution in [3.63, 3.8) is 0 Å². The number of anilines is 1. The summed E-state index contributed by atoms with van der Waals surface area (Å²) in [5.74, 6) is 0.731. The van der Waals surface area contributed by atoms with E-state index < -0.39 is 0 Å². The molecule has 0 aliphatic carbocycles. The number of halogens is 2. The van der Waals surface area contributed by atoms with Crippen molar-refractivity contribution in [1.29, 1.82) is 0 Å². The molecule has 138 valence electrons. The van der Waals surface area contributed by atoms with Gasteiger partial charge in [0.1, 0.15) is 11.8 Å². The molecule has 1 aromatic carbocycles. The van der Waals surface area contributed by atoms with E-state index in [1.807, 2.05) is 17.9 Å².